The van der Waals surface area contributed by atoms with E-state index in [1.165, 1.54) is 19.2 Å². The molecule has 1 aromatic rings. The van der Waals surface area contributed by atoms with Crippen LogP contribution in [-0.4, -0.2) is 42.1 Å². The van der Waals surface area contributed by atoms with Gasteiger partial charge in [-0.2, -0.15) is 0 Å². The standard InChI is InChI=1S/C16H24F3NO3SSe/c1-3-4-6-15(25-16(17,18)19)7-5-12-20-24(21,22)14-10-8-13(23-2)9-11-14/h8-11,15,20H,3-7,12H2,1-2H3. The number of ether oxygens (including phenoxy) is 1. The van der Waals surface area contributed by atoms with Crippen LogP contribution >= 0.6 is 0 Å². The zero-order chi connectivity index (χ0) is 18.9. The molecule has 1 aromatic carbocycles. The second-order valence-corrected chi connectivity index (χ2v) is 10.2. The summed E-state index contributed by atoms with van der Waals surface area (Å²) < 4.78 is 69.6. The molecule has 0 saturated heterocycles. The van der Waals surface area contributed by atoms with Crippen molar-refractivity contribution in [1.29, 1.82) is 0 Å². The molecule has 0 aromatic heterocycles. The molecule has 9 heteroatoms. The molecule has 0 spiro atoms. The average Bonchev–Trinajstić information content (AvgIpc) is 2.55. The molecule has 0 aliphatic heterocycles. The minimum atomic E-state index is -4.12. The molecule has 144 valence electrons. The molecule has 4 nitrogen and oxygen atoms in total. The molecule has 0 aliphatic carbocycles. The number of unbranched alkanes of at least 4 members (excludes halogenated alkanes) is 1. The van der Waals surface area contributed by atoms with Gasteiger partial charge in [-0.15, -0.1) is 0 Å². The average molecular weight is 446 g/mol. The van der Waals surface area contributed by atoms with Crippen molar-refractivity contribution in [3.05, 3.63) is 24.3 Å². The molecule has 0 amide bonds. The van der Waals surface area contributed by atoms with Crippen LogP contribution in [0, 0.1) is 0 Å². The third-order valence-corrected chi connectivity index (χ3v) is 7.27. The number of rotatable bonds is 11. The fraction of sp³-hybridized carbons (Fsp3) is 0.625. The van der Waals surface area contributed by atoms with Gasteiger partial charge in [0.05, 0.1) is 0 Å². The van der Waals surface area contributed by atoms with E-state index in [0.29, 0.717) is 25.0 Å². The van der Waals surface area contributed by atoms with Crippen LogP contribution in [0.2, 0.25) is 4.82 Å². The number of halogens is 3. The number of sulfonamides is 1. The second kappa shape index (κ2) is 10.4. The molecule has 0 saturated carbocycles. The van der Waals surface area contributed by atoms with Crippen LogP contribution in [0.25, 0.3) is 0 Å². The van der Waals surface area contributed by atoms with Gasteiger partial charge in [-0.1, -0.05) is 0 Å². The Bertz CT molecular complexity index is 606. The predicted octanol–water partition coefficient (Wildman–Crippen LogP) is 3.96. The van der Waals surface area contributed by atoms with E-state index < -0.39 is 34.9 Å². The van der Waals surface area contributed by atoms with E-state index in [-0.39, 0.29) is 11.4 Å². The van der Waals surface area contributed by atoms with Gasteiger partial charge in [-0.25, -0.2) is 0 Å². The van der Waals surface area contributed by atoms with Crippen LogP contribution in [0.3, 0.4) is 0 Å². The molecular weight excluding hydrogens is 422 g/mol. The summed E-state index contributed by atoms with van der Waals surface area (Å²) in [7, 11) is -2.17. The molecule has 0 fully saturated rings. The third-order valence-electron chi connectivity index (χ3n) is 3.54. The molecule has 0 heterocycles. The Morgan fingerprint density at radius 3 is 2.28 bits per heavy atom. The van der Waals surface area contributed by atoms with Crippen LogP contribution in [0.1, 0.15) is 39.0 Å². The summed E-state index contributed by atoms with van der Waals surface area (Å²) in [5.41, 5.74) is 0. The second-order valence-electron chi connectivity index (χ2n) is 5.54. The summed E-state index contributed by atoms with van der Waals surface area (Å²) in [6, 6.07) is 5.94. The summed E-state index contributed by atoms with van der Waals surface area (Å²) in [5, 5.41) is -4.12. The number of nitrogens with one attached hydrogen (secondary N) is 1. The Labute approximate surface area is 153 Å². The molecule has 0 radical (unpaired) electrons. The first-order chi connectivity index (χ1) is 11.7. The minimum absolute atomic E-state index is 0.107. The first-order valence-corrected chi connectivity index (χ1v) is 11.4. The molecule has 1 rings (SSSR count). The summed E-state index contributed by atoms with van der Waals surface area (Å²) in [4.78, 5) is -0.284. The molecule has 1 atom stereocenters. The van der Waals surface area contributed by atoms with Gasteiger partial charge in [-0.05, 0) is 0 Å². The summed E-state index contributed by atoms with van der Waals surface area (Å²) in [5.74, 6) is 0.548. The van der Waals surface area contributed by atoms with Crippen molar-refractivity contribution in [2.45, 2.75) is 53.8 Å². The van der Waals surface area contributed by atoms with Crippen LogP contribution in [-0.2, 0) is 10.0 Å². The van der Waals surface area contributed by atoms with Crippen molar-refractivity contribution in [2.24, 2.45) is 0 Å². The summed E-state index contributed by atoms with van der Waals surface area (Å²) in [6.45, 7) is 2.07. The number of hydrogen-bond donors (Lipinski definition) is 1. The Morgan fingerprint density at radius 1 is 1.16 bits per heavy atom. The number of methoxy groups -OCH3 is 1. The van der Waals surface area contributed by atoms with Gasteiger partial charge in [0.1, 0.15) is 0 Å². The van der Waals surface area contributed by atoms with Gasteiger partial charge < -0.3 is 0 Å². The molecule has 0 aliphatic rings. The Hall–Kier alpha value is -0.761. The van der Waals surface area contributed by atoms with Gasteiger partial charge in [0.15, 0.2) is 0 Å². The quantitative estimate of drug-likeness (QED) is 0.414. The maximum atomic E-state index is 12.6. The molecule has 25 heavy (non-hydrogen) atoms. The van der Waals surface area contributed by atoms with Crippen LogP contribution in [0.4, 0.5) is 13.2 Å². The van der Waals surface area contributed by atoms with E-state index in [1.807, 2.05) is 6.92 Å². The molecule has 0 bridgehead atoms. The topological polar surface area (TPSA) is 55.4 Å². The summed E-state index contributed by atoms with van der Waals surface area (Å²) in [6.07, 6.45) is 2.93. The molecular formula is C16H24F3NO3SSe. The summed E-state index contributed by atoms with van der Waals surface area (Å²) >= 11 is -1.42. The molecule has 1 N–H and O–H groups in total. The van der Waals surface area contributed by atoms with Gasteiger partial charge in [0, 0.05) is 0 Å². The van der Waals surface area contributed by atoms with E-state index in [1.54, 1.807) is 12.1 Å². The zero-order valence-corrected chi connectivity index (χ0v) is 16.8. The fourth-order valence-electron chi connectivity index (χ4n) is 2.26. The first kappa shape index (κ1) is 22.3. The van der Waals surface area contributed by atoms with Crippen molar-refractivity contribution < 1.29 is 26.3 Å². The van der Waals surface area contributed by atoms with Crippen LogP contribution in [0.15, 0.2) is 29.2 Å². The van der Waals surface area contributed by atoms with Gasteiger partial charge in [0.2, 0.25) is 0 Å². The van der Waals surface area contributed by atoms with Gasteiger partial charge >= 0.3 is 154 Å². The Balaban J connectivity index is 2.49. The fourth-order valence-corrected chi connectivity index (χ4v) is 5.32. The number of benzene rings is 1. The Kier molecular flexibility index (Phi) is 9.27. The van der Waals surface area contributed by atoms with Gasteiger partial charge in [-0.3, -0.25) is 0 Å². The number of alkyl halides is 3. The van der Waals surface area contributed by atoms with Crippen LogP contribution in [0.5, 0.6) is 5.75 Å². The van der Waals surface area contributed by atoms with Gasteiger partial charge in [0.25, 0.3) is 0 Å². The zero-order valence-electron chi connectivity index (χ0n) is 14.3. The van der Waals surface area contributed by atoms with E-state index in [2.05, 4.69) is 4.72 Å². The van der Waals surface area contributed by atoms with Crippen molar-refractivity contribution >= 4 is 25.0 Å². The first-order valence-electron chi connectivity index (χ1n) is 8.06. The van der Waals surface area contributed by atoms with E-state index in [0.717, 1.165) is 12.8 Å². The van der Waals surface area contributed by atoms with E-state index >= 15 is 0 Å². The van der Waals surface area contributed by atoms with E-state index in [9.17, 15) is 21.6 Å². The molecule has 1 unspecified atom stereocenters. The van der Waals surface area contributed by atoms with Crippen molar-refractivity contribution in [3.63, 3.8) is 0 Å². The monoisotopic (exact) mass is 447 g/mol. The maximum absolute atomic E-state index is 12.6. The van der Waals surface area contributed by atoms with Crippen molar-refractivity contribution in [3.8, 4) is 5.75 Å². The predicted molar refractivity (Wildman–Crippen MR) is 92.5 cm³/mol. The number of hydrogen-bond acceptors (Lipinski definition) is 3. The SMILES string of the molecule is CCCCC(CCCNS(=O)(=O)c1ccc(OC)cc1)[Se]C(F)(F)F. The van der Waals surface area contributed by atoms with Crippen molar-refractivity contribution in [1.82, 2.24) is 4.72 Å². The Morgan fingerprint density at radius 2 is 1.76 bits per heavy atom. The van der Waals surface area contributed by atoms with Crippen molar-refractivity contribution in [2.75, 3.05) is 13.7 Å². The third kappa shape index (κ3) is 8.94. The van der Waals surface area contributed by atoms with E-state index in [4.69, 9.17) is 4.74 Å². The van der Waals surface area contributed by atoms with Crippen LogP contribution < -0.4 is 9.46 Å². The normalized spacial score (nSPS) is 13.6.